The molecule has 1 unspecified atom stereocenters. The molecule has 86 valence electrons. The minimum absolute atomic E-state index is 0.564. The van der Waals surface area contributed by atoms with Gasteiger partial charge in [-0.3, -0.25) is 9.69 Å². The van der Waals surface area contributed by atoms with Crippen LogP contribution in [0.2, 0.25) is 0 Å². The number of piperazine rings is 1. The lowest BCUT2D eigenvalue weighted by molar-refractivity contribution is -0.151. The van der Waals surface area contributed by atoms with Crippen LogP contribution in [0.4, 0.5) is 0 Å². The lowest BCUT2D eigenvalue weighted by atomic mass is 9.95. The summed E-state index contributed by atoms with van der Waals surface area (Å²) in [7, 11) is 2.09. The van der Waals surface area contributed by atoms with E-state index in [0.717, 1.165) is 44.1 Å². The van der Waals surface area contributed by atoms with Crippen LogP contribution in [0, 0.1) is 0 Å². The summed E-state index contributed by atoms with van der Waals surface area (Å²) in [5, 5.41) is 9.41. The molecule has 0 amide bonds. The topological polar surface area (TPSA) is 43.8 Å². The van der Waals surface area contributed by atoms with Gasteiger partial charge in [-0.05, 0) is 19.2 Å². The lowest BCUT2D eigenvalue weighted by Gasteiger charge is -2.42. The van der Waals surface area contributed by atoms with Crippen molar-refractivity contribution < 1.29 is 9.90 Å². The van der Waals surface area contributed by atoms with E-state index in [1.807, 2.05) is 0 Å². The van der Waals surface area contributed by atoms with E-state index in [1.165, 1.54) is 0 Å². The van der Waals surface area contributed by atoms with Crippen molar-refractivity contribution in [2.24, 2.45) is 0 Å². The second-order valence-electron chi connectivity index (χ2n) is 4.43. The van der Waals surface area contributed by atoms with Gasteiger partial charge < -0.3 is 10.0 Å². The summed E-state index contributed by atoms with van der Waals surface area (Å²) in [5.41, 5.74) is -0.564. The van der Waals surface area contributed by atoms with Gasteiger partial charge in [0.15, 0.2) is 0 Å². The highest BCUT2D eigenvalue weighted by atomic mass is 32.2. The summed E-state index contributed by atoms with van der Waals surface area (Å²) < 4.78 is 0. The minimum atomic E-state index is -0.628. The molecular formula is C10H18N2O2S. The van der Waals surface area contributed by atoms with Crippen LogP contribution in [-0.2, 0) is 4.79 Å². The third-order valence-corrected chi connectivity index (χ3v) is 4.68. The second-order valence-corrected chi connectivity index (χ2v) is 5.53. The molecule has 0 aromatic rings. The standard InChI is InChI=1S/C10H18N2O2S/c1-11-3-5-12(6-4-11)10(9(13)14)2-7-15-8-10/h2-8H2,1H3,(H,13,14). The first-order valence-corrected chi connectivity index (χ1v) is 6.55. The molecule has 0 aromatic heterocycles. The average molecular weight is 230 g/mol. The van der Waals surface area contributed by atoms with Crippen molar-refractivity contribution in [3.63, 3.8) is 0 Å². The van der Waals surface area contributed by atoms with E-state index < -0.39 is 11.5 Å². The molecule has 1 N–H and O–H groups in total. The zero-order valence-corrected chi connectivity index (χ0v) is 9.92. The monoisotopic (exact) mass is 230 g/mol. The van der Waals surface area contributed by atoms with Crippen molar-refractivity contribution in [1.29, 1.82) is 0 Å². The normalized spacial score (nSPS) is 34.5. The van der Waals surface area contributed by atoms with E-state index in [4.69, 9.17) is 0 Å². The third-order valence-electron chi connectivity index (χ3n) is 3.51. The fourth-order valence-electron chi connectivity index (χ4n) is 2.34. The molecule has 15 heavy (non-hydrogen) atoms. The maximum Gasteiger partial charge on any atom is 0.325 e. The Balaban J connectivity index is 2.08. The van der Waals surface area contributed by atoms with Crippen LogP contribution < -0.4 is 0 Å². The number of carboxylic acids is 1. The summed E-state index contributed by atoms with van der Waals surface area (Å²) >= 11 is 1.77. The predicted octanol–water partition coefficient (Wildman–Crippen LogP) is 0.194. The van der Waals surface area contributed by atoms with Crippen molar-refractivity contribution in [2.75, 3.05) is 44.7 Å². The molecular weight excluding hydrogens is 212 g/mol. The number of thioether (sulfide) groups is 1. The molecule has 2 rings (SSSR count). The van der Waals surface area contributed by atoms with E-state index in [0.29, 0.717) is 0 Å². The van der Waals surface area contributed by atoms with Gasteiger partial charge in [-0.1, -0.05) is 0 Å². The highest BCUT2D eigenvalue weighted by molar-refractivity contribution is 7.99. The van der Waals surface area contributed by atoms with Gasteiger partial charge in [0.2, 0.25) is 0 Å². The van der Waals surface area contributed by atoms with E-state index in [9.17, 15) is 9.90 Å². The van der Waals surface area contributed by atoms with Gasteiger partial charge in [-0.2, -0.15) is 11.8 Å². The van der Waals surface area contributed by atoms with Crippen LogP contribution in [0.3, 0.4) is 0 Å². The Bertz CT molecular complexity index is 246. The first kappa shape index (κ1) is 11.2. The van der Waals surface area contributed by atoms with Crippen LogP contribution in [-0.4, -0.2) is 71.1 Å². The second kappa shape index (κ2) is 4.31. The molecule has 0 aromatic carbocycles. The summed E-state index contributed by atoms with van der Waals surface area (Å²) in [6.07, 6.45) is 0.802. The summed E-state index contributed by atoms with van der Waals surface area (Å²) in [5.74, 6) is 1.11. The van der Waals surface area contributed by atoms with Crippen molar-refractivity contribution >= 4 is 17.7 Å². The quantitative estimate of drug-likeness (QED) is 0.734. The van der Waals surface area contributed by atoms with Crippen molar-refractivity contribution in [1.82, 2.24) is 9.80 Å². The maximum absolute atomic E-state index is 11.4. The van der Waals surface area contributed by atoms with Crippen LogP contribution in [0.25, 0.3) is 0 Å². The lowest BCUT2D eigenvalue weighted by Crippen LogP contribution is -2.60. The Hall–Kier alpha value is -0.260. The van der Waals surface area contributed by atoms with E-state index >= 15 is 0 Å². The summed E-state index contributed by atoms with van der Waals surface area (Å²) in [4.78, 5) is 15.9. The zero-order valence-electron chi connectivity index (χ0n) is 9.11. The molecule has 0 aliphatic carbocycles. The predicted molar refractivity (Wildman–Crippen MR) is 61.4 cm³/mol. The number of rotatable bonds is 2. The van der Waals surface area contributed by atoms with Crippen LogP contribution in [0.1, 0.15) is 6.42 Å². The molecule has 5 heteroatoms. The molecule has 0 spiro atoms. The van der Waals surface area contributed by atoms with Crippen LogP contribution >= 0.6 is 11.8 Å². The maximum atomic E-state index is 11.4. The van der Waals surface area contributed by atoms with Gasteiger partial charge in [0, 0.05) is 31.9 Å². The fourth-order valence-corrected chi connectivity index (χ4v) is 3.76. The highest BCUT2D eigenvalue weighted by Gasteiger charge is 2.47. The average Bonchev–Trinajstić information content (AvgIpc) is 2.69. The highest BCUT2D eigenvalue weighted by Crippen LogP contribution is 2.34. The molecule has 4 nitrogen and oxygen atoms in total. The number of hydrogen-bond donors (Lipinski definition) is 1. The molecule has 1 atom stereocenters. The molecule has 2 fully saturated rings. The third kappa shape index (κ3) is 2.00. The number of carbonyl (C=O) groups is 1. The van der Waals surface area contributed by atoms with Gasteiger partial charge >= 0.3 is 5.97 Å². The van der Waals surface area contributed by atoms with Gasteiger partial charge in [0.25, 0.3) is 0 Å². The molecule has 0 bridgehead atoms. The zero-order chi connectivity index (χ0) is 10.9. The fraction of sp³-hybridized carbons (Fsp3) is 0.900. The first-order valence-electron chi connectivity index (χ1n) is 5.40. The number of likely N-dealkylation sites (N-methyl/N-ethyl adjacent to an activating group) is 1. The molecule has 2 heterocycles. The number of nitrogens with zero attached hydrogens (tertiary/aromatic N) is 2. The molecule has 2 aliphatic heterocycles. The van der Waals surface area contributed by atoms with Gasteiger partial charge in [-0.25, -0.2) is 0 Å². The molecule has 2 aliphatic rings. The molecule has 0 saturated carbocycles. The molecule has 0 radical (unpaired) electrons. The smallest absolute Gasteiger partial charge is 0.325 e. The Morgan fingerprint density at radius 3 is 2.47 bits per heavy atom. The Morgan fingerprint density at radius 1 is 1.33 bits per heavy atom. The Morgan fingerprint density at radius 2 is 2.00 bits per heavy atom. The van der Waals surface area contributed by atoms with Crippen LogP contribution in [0.15, 0.2) is 0 Å². The van der Waals surface area contributed by atoms with E-state index in [1.54, 1.807) is 11.8 Å². The summed E-state index contributed by atoms with van der Waals surface area (Å²) in [6, 6.07) is 0. The Labute approximate surface area is 94.6 Å². The van der Waals surface area contributed by atoms with E-state index in [2.05, 4.69) is 16.8 Å². The van der Waals surface area contributed by atoms with Crippen molar-refractivity contribution in [3.05, 3.63) is 0 Å². The minimum Gasteiger partial charge on any atom is -0.480 e. The Kier molecular flexibility index (Phi) is 3.23. The van der Waals surface area contributed by atoms with Gasteiger partial charge in [0.05, 0.1) is 0 Å². The van der Waals surface area contributed by atoms with Crippen LogP contribution in [0.5, 0.6) is 0 Å². The SMILES string of the molecule is CN1CCN(C2(C(=O)O)CCSC2)CC1. The number of hydrogen-bond acceptors (Lipinski definition) is 4. The summed E-state index contributed by atoms with van der Waals surface area (Å²) in [6.45, 7) is 3.76. The van der Waals surface area contributed by atoms with E-state index in [-0.39, 0.29) is 0 Å². The first-order chi connectivity index (χ1) is 7.15. The van der Waals surface area contributed by atoms with Gasteiger partial charge in [0.1, 0.15) is 5.54 Å². The van der Waals surface area contributed by atoms with Gasteiger partial charge in [-0.15, -0.1) is 0 Å². The molecule has 2 saturated heterocycles. The van der Waals surface area contributed by atoms with Crippen molar-refractivity contribution in [2.45, 2.75) is 12.0 Å². The van der Waals surface area contributed by atoms with Crippen molar-refractivity contribution in [3.8, 4) is 0 Å². The number of carboxylic acid groups (broad SMARTS) is 1. The number of aliphatic carboxylic acids is 1. The largest absolute Gasteiger partial charge is 0.480 e.